The summed E-state index contributed by atoms with van der Waals surface area (Å²) in [6.07, 6.45) is 0. The second-order valence-corrected chi connectivity index (χ2v) is 4.30. The summed E-state index contributed by atoms with van der Waals surface area (Å²) in [7, 11) is 0. The van der Waals surface area contributed by atoms with Crippen molar-refractivity contribution in [2.45, 2.75) is 6.54 Å². The number of carbonyl (C=O) groups excluding carboxylic acids is 1. The van der Waals surface area contributed by atoms with E-state index in [1.54, 1.807) is 0 Å². The predicted octanol–water partition coefficient (Wildman–Crippen LogP) is 2.52. The average Bonchev–Trinajstić information content (AvgIpc) is 2.41. The molecular formula is C14H11F3N2O2. The summed E-state index contributed by atoms with van der Waals surface area (Å²) < 4.78 is 39.9. The number of carbonyl (C=O) groups is 1. The molecule has 110 valence electrons. The first-order valence-corrected chi connectivity index (χ1v) is 5.88. The van der Waals surface area contributed by atoms with Gasteiger partial charge in [0.1, 0.15) is 23.2 Å². The van der Waals surface area contributed by atoms with E-state index >= 15 is 0 Å². The number of nitrogens with two attached hydrogens (primary N) is 1. The molecule has 0 aromatic heterocycles. The maximum atomic E-state index is 13.6. The number of primary amides is 1. The molecule has 0 saturated heterocycles. The minimum Gasteiger partial charge on any atom is -0.508 e. The van der Waals surface area contributed by atoms with Gasteiger partial charge in [-0.25, -0.2) is 13.2 Å². The van der Waals surface area contributed by atoms with Crippen LogP contribution in [0, 0.1) is 17.5 Å². The number of phenolic OH excluding ortho intramolecular Hbond substituents is 1. The van der Waals surface area contributed by atoms with Crippen LogP contribution in [0.5, 0.6) is 5.75 Å². The quantitative estimate of drug-likeness (QED) is 0.811. The Morgan fingerprint density at radius 1 is 1.14 bits per heavy atom. The summed E-state index contributed by atoms with van der Waals surface area (Å²) in [4.78, 5) is 11.0. The maximum Gasteiger partial charge on any atom is 0.251 e. The van der Waals surface area contributed by atoms with Crippen molar-refractivity contribution >= 4 is 11.6 Å². The third-order valence-electron chi connectivity index (χ3n) is 2.83. The van der Waals surface area contributed by atoms with E-state index in [2.05, 4.69) is 5.32 Å². The third-order valence-corrected chi connectivity index (χ3v) is 2.83. The van der Waals surface area contributed by atoms with Crippen LogP contribution >= 0.6 is 0 Å². The van der Waals surface area contributed by atoms with Crippen LogP contribution in [0.3, 0.4) is 0 Å². The summed E-state index contributed by atoms with van der Waals surface area (Å²) in [5.41, 5.74) is 4.49. The van der Waals surface area contributed by atoms with E-state index in [1.165, 1.54) is 0 Å². The number of aromatic hydroxyl groups is 1. The highest BCUT2D eigenvalue weighted by atomic mass is 19.1. The molecule has 0 atom stereocenters. The number of benzene rings is 2. The van der Waals surface area contributed by atoms with Crippen molar-refractivity contribution < 1.29 is 23.1 Å². The van der Waals surface area contributed by atoms with E-state index in [9.17, 15) is 23.1 Å². The van der Waals surface area contributed by atoms with Gasteiger partial charge in [-0.05, 0) is 24.3 Å². The van der Waals surface area contributed by atoms with Gasteiger partial charge < -0.3 is 16.2 Å². The van der Waals surface area contributed by atoms with E-state index in [4.69, 9.17) is 5.73 Å². The molecule has 0 fully saturated rings. The largest absolute Gasteiger partial charge is 0.508 e. The van der Waals surface area contributed by atoms with Crippen LogP contribution in [0.1, 0.15) is 15.9 Å². The number of hydrogen-bond donors (Lipinski definition) is 3. The standard InChI is InChI=1S/C14H11F3N2O2/c15-8-1-2-13(20)7(3-8)6-19-12-4-9(14(18)21)10(16)5-11(12)17/h1-5,19-20H,6H2,(H2,18,21). The Morgan fingerprint density at radius 3 is 2.52 bits per heavy atom. The zero-order valence-electron chi connectivity index (χ0n) is 10.7. The number of amides is 1. The SMILES string of the molecule is NC(=O)c1cc(NCc2cc(F)ccc2O)c(F)cc1F. The highest BCUT2D eigenvalue weighted by Crippen LogP contribution is 2.23. The zero-order chi connectivity index (χ0) is 15.6. The first-order valence-electron chi connectivity index (χ1n) is 5.88. The molecule has 0 aliphatic rings. The maximum absolute atomic E-state index is 13.6. The fourth-order valence-electron chi connectivity index (χ4n) is 1.76. The summed E-state index contributed by atoms with van der Waals surface area (Å²) in [5.74, 6) is -3.79. The monoisotopic (exact) mass is 296 g/mol. The highest BCUT2D eigenvalue weighted by molar-refractivity contribution is 5.94. The molecule has 2 aromatic rings. The molecule has 0 aliphatic heterocycles. The highest BCUT2D eigenvalue weighted by Gasteiger charge is 2.14. The Bertz CT molecular complexity index is 705. The summed E-state index contributed by atoms with van der Waals surface area (Å²) in [5, 5.41) is 12.1. The van der Waals surface area contributed by atoms with E-state index in [1.807, 2.05) is 0 Å². The number of rotatable bonds is 4. The molecule has 21 heavy (non-hydrogen) atoms. The van der Waals surface area contributed by atoms with Crippen LogP contribution in [-0.4, -0.2) is 11.0 Å². The fraction of sp³-hybridized carbons (Fsp3) is 0.0714. The fourth-order valence-corrected chi connectivity index (χ4v) is 1.76. The van der Waals surface area contributed by atoms with Crippen molar-refractivity contribution in [2.75, 3.05) is 5.32 Å². The van der Waals surface area contributed by atoms with Crippen LogP contribution < -0.4 is 11.1 Å². The second-order valence-electron chi connectivity index (χ2n) is 4.30. The van der Waals surface area contributed by atoms with Gasteiger partial charge in [0.25, 0.3) is 5.91 Å². The molecule has 0 heterocycles. The molecule has 7 heteroatoms. The van der Waals surface area contributed by atoms with Gasteiger partial charge in [0.05, 0.1) is 11.3 Å². The number of halogens is 3. The van der Waals surface area contributed by atoms with E-state index in [0.717, 1.165) is 24.3 Å². The molecule has 2 rings (SSSR count). The van der Waals surface area contributed by atoms with Crippen LogP contribution in [0.25, 0.3) is 0 Å². The number of anilines is 1. The van der Waals surface area contributed by atoms with Crippen LogP contribution in [0.2, 0.25) is 0 Å². The Hall–Kier alpha value is -2.70. The molecule has 0 saturated carbocycles. The van der Waals surface area contributed by atoms with E-state index in [-0.39, 0.29) is 23.5 Å². The lowest BCUT2D eigenvalue weighted by Gasteiger charge is -2.10. The van der Waals surface area contributed by atoms with Gasteiger partial charge in [-0.3, -0.25) is 4.79 Å². The molecule has 0 aliphatic carbocycles. The Kier molecular flexibility index (Phi) is 4.02. The van der Waals surface area contributed by atoms with Gasteiger partial charge in [0.2, 0.25) is 0 Å². The normalized spacial score (nSPS) is 10.4. The van der Waals surface area contributed by atoms with E-state index < -0.39 is 28.9 Å². The van der Waals surface area contributed by atoms with Crippen molar-refractivity contribution in [2.24, 2.45) is 5.73 Å². The lowest BCUT2D eigenvalue weighted by molar-refractivity contribution is 0.0996. The molecule has 0 radical (unpaired) electrons. The molecule has 2 aromatic carbocycles. The van der Waals surface area contributed by atoms with Crippen molar-refractivity contribution in [1.29, 1.82) is 0 Å². The van der Waals surface area contributed by atoms with Gasteiger partial charge in [0, 0.05) is 18.2 Å². The van der Waals surface area contributed by atoms with Crippen molar-refractivity contribution in [3.63, 3.8) is 0 Å². The first-order chi connectivity index (χ1) is 9.88. The summed E-state index contributed by atoms with van der Waals surface area (Å²) in [6.45, 7) is -0.121. The van der Waals surface area contributed by atoms with Crippen LogP contribution in [-0.2, 0) is 6.54 Å². The van der Waals surface area contributed by atoms with Gasteiger partial charge in [-0.2, -0.15) is 0 Å². The predicted molar refractivity (Wildman–Crippen MR) is 70.3 cm³/mol. The van der Waals surface area contributed by atoms with Crippen LogP contribution in [0.15, 0.2) is 30.3 Å². The van der Waals surface area contributed by atoms with Crippen LogP contribution in [0.4, 0.5) is 18.9 Å². The number of nitrogens with one attached hydrogen (secondary N) is 1. The van der Waals surface area contributed by atoms with Crippen molar-refractivity contribution in [1.82, 2.24) is 0 Å². The van der Waals surface area contributed by atoms with Gasteiger partial charge >= 0.3 is 0 Å². The molecule has 0 bridgehead atoms. The average molecular weight is 296 g/mol. The summed E-state index contributed by atoms with van der Waals surface area (Å²) >= 11 is 0. The molecule has 1 amide bonds. The van der Waals surface area contributed by atoms with Gasteiger partial charge in [0.15, 0.2) is 0 Å². The number of phenols is 1. The Balaban J connectivity index is 2.25. The zero-order valence-corrected chi connectivity index (χ0v) is 10.7. The second kappa shape index (κ2) is 5.74. The Labute approximate surface area is 118 Å². The third kappa shape index (κ3) is 3.25. The summed E-state index contributed by atoms with van der Waals surface area (Å²) in [6, 6.07) is 4.74. The first kappa shape index (κ1) is 14.7. The molecule has 0 unspecified atom stereocenters. The molecular weight excluding hydrogens is 285 g/mol. The molecule has 4 N–H and O–H groups in total. The Morgan fingerprint density at radius 2 is 1.86 bits per heavy atom. The topological polar surface area (TPSA) is 75.4 Å². The minimum atomic E-state index is -1.07. The van der Waals surface area contributed by atoms with E-state index in [0.29, 0.717) is 6.07 Å². The molecule has 0 spiro atoms. The lowest BCUT2D eigenvalue weighted by atomic mass is 10.1. The lowest BCUT2D eigenvalue weighted by Crippen LogP contribution is -2.14. The van der Waals surface area contributed by atoms with Crippen molar-refractivity contribution in [3.05, 3.63) is 58.9 Å². The van der Waals surface area contributed by atoms with Gasteiger partial charge in [-0.15, -0.1) is 0 Å². The number of hydrogen-bond acceptors (Lipinski definition) is 3. The minimum absolute atomic E-state index is 0.121. The smallest absolute Gasteiger partial charge is 0.251 e. The molecule has 4 nitrogen and oxygen atoms in total. The van der Waals surface area contributed by atoms with Crippen molar-refractivity contribution in [3.8, 4) is 5.75 Å². The van der Waals surface area contributed by atoms with Gasteiger partial charge in [-0.1, -0.05) is 0 Å².